The van der Waals surface area contributed by atoms with Crippen LogP contribution in [0.1, 0.15) is 17.5 Å². The highest BCUT2D eigenvalue weighted by atomic mass is 32.2. The molecule has 2 aromatic carbocycles. The zero-order valence-electron chi connectivity index (χ0n) is 14.7. The minimum Gasteiger partial charge on any atom is -0.338 e. The van der Waals surface area contributed by atoms with E-state index in [2.05, 4.69) is 53.3 Å². The van der Waals surface area contributed by atoms with Gasteiger partial charge in [0.05, 0.1) is 16.8 Å². The van der Waals surface area contributed by atoms with E-state index in [1.54, 1.807) is 0 Å². The molecule has 2 heterocycles. The molecule has 4 rings (SSSR count). The summed E-state index contributed by atoms with van der Waals surface area (Å²) in [5, 5.41) is 0.802. The standard InChI is InChI=1S/C21H21N3OS/c1-15-7-8-18-19(13-15)23-21(22-18)26-14-20(25)24-11-9-17(10-12-24)16-5-3-2-4-6-16/h2-9,13H,10-12,14H2,1H3,(H,22,23). The normalized spacial score (nSPS) is 14.5. The Morgan fingerprint density at radius 2 is 2.08 bits per heavy atom. The summed E-state index contributed by atoms with van der Waals surface area (Å²) < 4.78 is 0. The molecule has 1 aromatic heterocycles. The molecule has 1 aliphatic heterocycles. The molecule has 0 saturated heterocycles. The van der Waals surface area contributed by atoms with Crippen molar-refractivity contribution in [2.75, 3.05) is 18.8 Å². The molecular formula is C21H21N3OS. The fourth-order valence-electron chi connectivity index (χ4n) is 3.20. The summed E-state index contributed by atoms with van der Waals surface area (Å²) >= 11 is 1.47. The van der Waals surface area contributed by atoms with E-state index in [0.717, 1.165) is 29.2 Å². The predicted octanol–water partition coefficient (Wildman–Crippen LogP) is 4.28. The van der Waals surface area contributed by atoms with E-state index in [1.165, 1.54) is 28.5 Å². The number of imidazole rings is 1. The topological polar surface area (TPSA) is 49.0 Å². The molecule has 0 radical (unpaired) electrons. The second kappa shape index (κ2) is 7.38. The first-order chi connectivity index (χ1) is 12.7. The van der Waals surface area contributed by atoms with E-state index in [9.17, 15) is 4.79 Å². The van der Waals surface area contributed by atoms with E-state index in [4.69, 9.17) is 0 Å². The lowest BCUT2D eigenvalue weighted by atomic mass is 10.00. The van der Waals surface area contributed by atoms with Crippen LogP contribution in [-0.4, -0.2) is 39.6 Å². The Balaban J connectivity index is 1.36. The van der Waals surface area contributed by atoms with Crippen molar-refractivity contribution in [3.63, 3.8) is 0 Å². The van der Waals surface area contributed by atoms with Gasteiger partial charge in [-0.2, -0.15) is 0 Å². The van der Waals surface area contributed by atoms with E-state index in [0.29, 0.717) is 12.3 Å². The van der Waals surface area contributed by atoms with Crippen molar-refractivity contribution in [3.05, 3.63) is 65.7 Å². The summed E-state index contributed by atoms with van der Waals surface area (Å²) in [5.74, 6) is 0.572. The van der Waals surface area contributed by atoms with E-state index >= 15 is 0 Å². The van der Waals surface area contributed by atoms with Crippen LogP contribution < -0.4 is 0 Å². The number of amides is 1. The summed E-state index contributed by atoms with van der Waals surface area (Å²) in [6.07, 6.45) is 3.08. The molecule has 0 saturated carbocycles. The van der Waals surface area contributed by atoms with Gasteiger partial charge < -0.3 is 9.88 Å². The van der Waals surface area contributed by atoms with Gasteiger partial charge in [-0.3, -0.25) is 4.79 Å². The van der Waals surface area contributed by atoms with Gasteiger partial charge in [-0.25, -0.2) is 4.98 Å². The summed E-state index contributed by atoms with van der Waals surface area (Å²) in [6.45, 7) is 3.52. The fraction of sp³-hybridized carbons (Fsp3) is 0.238. The molecule has 5 heteroatoms. The smallest absolute Gasteiger partial charge is 0.233 e. The number of aromatic nitrogens is 2. The number of benzene rings is 2. The average Bonchev–Trinajstić information content (AvgIpc) is 3.09. The Hall–Kier alpha value is -2.53. The highest BCUT2D eigenvalue weighted by molar-refractivity contribution is 7.99. The van der Waals surface area contributed by atoms with Gasteiger partial charge >= 0.3 is 0 Å². The monoisotopic (exact) mass is 363 g/mol. The average molecular weight is 363 g/mol. The molecule has 0 unspecified atom stereocenters. The van der Waals surface area contributed by atoms with Gasteiger partial charge in [-0.15, -0.1) is 0 Å². The first-order valence-electron chi connectivity index (χ1n) is 8.80. The largest absolute Gasteiger partial charge is 0.338 e. The molecule has 1 amide bonds. The maximum absolute atomic E-state index is 12.5. The zero-order valence-corrected chi connectivity index (χ0v) is 15.6. The number of H-pyrrole nitrogens is 1. The third-order valence-corrected chi connectivity index (χ3v) is 5.51. The number of nitrogens with one attached hydrogen (secondary N) is 1. The van der Waals surface area contributed by atoms with Crippen molar-refractivity contribution in [2.45, 2.75) is 18.5 Å². The molecule has 4 nitrogen and oxygen atoms in total. The number of thioether (sulfide) groups is 1. The minimum atomic E-state index is 0.162. The van der Waals surface area contributed by atoms with Gasteiger partial charge in [-0.1, -0.05) is 54.2 Å². The van der Waals surface area contributed by atoms with Crippen LogP contribution in [0.4, 0.5) is 0 Å². The summed E-state index contributed by atoms with van der Waals surface area (Å²) in [6, 6.07) is 16.5. The fourth-order valence-corrected chi connectivity index (χ4v) is 3.99. The molecular weight excluding hydrogens is 342 g/mol. The van der Waals surface area contributed by atoms with Gasteiger partial charge in [-0.05, 0) is 42.2 Å². The van der Waals surface area contributed by atoms with Crippen LogP contribution in [0.25, 0.3) is 16.6 Å². The van der Waals surface area contributed by atoms with Crippen LogP contribution in [0.3, 0.4) is 0 Å². The van der Waals surface area contributed by atoms with Crippen LogP contribution >= 0.6 is 11.8 Å². The highest BCUT2D eigenvalue weighted by Crippen LogP contribution is 2.24. The molecule has 0 atom stereocenters. The Morgan fingerprint density at radius 3 is 2.85 bits per heavy atom. The molecule has 132 valence electrons. The molecule has 0 bridgehead atoms. The van der Waals surface area contributed by atoms with Gasteiger partial charge in [0.25, 0.3) is 0 Å². The molecule has 0 spiro atoms. The van der Waals surface area contributed by atoms with E-state index in [1.807, 2.05) is 23.1 Å². The van der Waals surface area contributed by atoms with Gasteiger partial charge in [0.1, 0.15) is 0 Å². The molecule has 0 aliphatic carbocycles. The summed E-state index contributed by atoms with van der Waals surface area (Å²) in [5.41, 5.74) is 5.75. The van der Waals surface area contributed by atoms with Crippen LogP contribution in [0.15, 0.2) is 59.8 Å². The lowest BCUT2D eigenvalue weighted by Crippen LogP contribution is -2.35. The number of aromatic amines is 1. The zero-order chi connectivity index (χ0) is 17.9. The van der Waals surface area contributed by atoms with Crippen molar-refractivity contribution in [1.82, 2.24) is 14.9 Å². The third kappa shape index (κ3) is 3.68. The van der Waals surface area contributed by atoms with Crippen molar-refractivity contribution in [1.29, 1.82) is 0 Å². The van der Waals surface area contributed by atoms with Crippen molar-refractivity contribution in [3.8, 4) is 0 Å². The Bertz CT molecular complexity index is 962. The SMILES string of the molecule is Cc1ccc2nc(SCC(=O)N3CC=C(c4ccccc4)CC3)[nH]c2c1. The Morgan fingerprint density at radius 1 is 1.23 bits per heavy atom. The number of hydrogen-bond acceptors (Lipinski definition) is 3. The third-order valence-electron chi connectivity index (χ3n) is 4.65. The first kappa shape index (κ1) is 16.9. The van der Waals surface area contributed by atoms with Gasteiger partial charge in [0.2, 0.25) is 5.91 Å². The summed E-state index contributed by atoms with van der Waals surface area (Å²) in [4.78, 5) is 22.3. The van der Waals surface area contributed by atoms with E-state index in [-0.39, 0.29) is 5.91 Å². The minimum absolute atomic E-state index is 0.162. The number of hydrogen-bond donors (Lipinski definition) is 1. The van der Waals surface area contributed by atoms with Gasteiger partial charge in [0, 0.05) is 13.1 Å². The van der Waals surface area contributed by atoms with Crippen LogP contribution in [0.5, 0.6) is 0 Å². The molecule has 1 N–H and O–H groups in total. The molecule has 1 aliphatic rings. The predicted molar refractivity (Wildman–Crippen MR) is 107 cm³/mol. The number of aryl methyl sites for hydroxylation is 1. The number of rotatable bonds is 4. The molecule has 0 fully saturated rings. The molecule has 3 aromatic rings. The second-order valence-corrected chi connectivity index (χ2v) is 7.50. The number of carbonyl (C=O) groups is 1. The van der Waals surface area contributed by atoms with Crippen molar-refractivity contribution >= 4 is 34.3 Å². The van der Waals surface area contributed by atoms with Crippen molar-refractivity contribution in [2.24, 2.45) is 0 Å². The summed E-state index contributed by atoms with van der Waals surface area (Å²) in [7, 11) is 0. The first-order valence-corrected chi connectivity index (χ1v) is 9.79. The number of fused-ring (bicyclic) bond motifs is 1. The van der Waals surface area contributed by atoms with Crippen LogP contribution in [0, 0.1) is 6.92 Å². The van der Waals surface area contributed by atoms with Crippen molar-refractivity contribution < 1.29 is 4.79 Å². The maximum Gasteiger partial charge on any atom is 0.233 e. The Labute approximate surface area is 157 Å². The quantitative estimate of drug-likeness (QED) is 0.704. The highest BCUT2D eigenvalue weighted by Gasteiger charge is 2.18. The second-order valence-electron chi connectivity index (χ2n) is 6.54. The molecule has 26 heavy (non-hydrogen) atoms. The van der Waals surface area contributed by atoms with Crippen LogP contribution in [-0.2, 0) is 4.79 Å². The van der Waals surface area contributed by atoms with Gasteiger partial charge in [0.15, 0.2) is 5.16 Å². The maximum atomic E-state index is 12.5. The number of nitrogens with zero attached hydrogens (tertiary/aromatic N) is 2. The number of carbonyl (C=O) groups excluding carboxylic acids is 1. The lowest BCUT2D eigenvalue weighted by Gasteiger charge is -2.26. The van der Waals surface area contributed by atoms with Crippen LogP contribution in [0.2, 0.25) is 0 Å². The Kier molecular flexibility index (Phi) is 4.80. The lowest BCUT2D eigenvalue weighted by molar-refractivity contribution is -0.127. The van der Waals surface area contributed by atoms with E-state index < -0.39 is 0 Å².